The summed E-state index contributed by atoms with van der Waals surface area (Å²) in [4.78, 5) is 33.5. The Kier molecular flexibility index (Phi) is 7.76. The fourth-order valence-electron chi connectivity index (χ4n) is 5.59. The van der Waals surface area contributed by atoms with Crippen LogP contribution in [0.25, 0.3) is 11.3 Å². The Hall–Kier alpha value is -3.80. The molecule has 0 aliphatic carbocycles. The molecule has 6 rings (SSSR count). The number of hydrogen-bond donors (Lipinski definition) is 3. The molecule has 210 valence electrons. The minimum Gasteiger partial charge on any atom is -0.377 e. The van der Waals surface area contributed by atoms with Crippen molar-refractivity contribution in [2.45, 2.75) is 24.9 Å². The highest BCUT2D eigenvalue weighted by Crippen LogP contribution is 2.31. The number of nitrogens with two attached hydrogens (primary N) is 1. The second-order valence-corrected chi connectivity index (χ2v) is 10.8. The lowest BCUT2D eigenvalue weighted by molar-refractivity contribution is 0.0209. The van der Waals surface area contributed by atoms with E-state index in [0.29, 0.717) is 36.6 Å². The monoisotopic (exact) mass is 543 g/mol. The van der Waals surface area contributed by atoms with Crippen LogP contribution in [0.2, 0.25) is 0 Å². The minimum absolute atomic E-state index is 0.0808. The molecule has 0 radical (unpaired) electrons. The van der Waals surface area contributed by atoms with E-state index >= 15 is 0 Å². The number of ether oxygens (including phenoxy) is 1. The first-order chi connectivity index (χ1) is 19.5. The van der Waals surface area contributed by atoms with Crippen LogP contribution in [-0.2, 0) is 4.74 Å². The third-order valence-electron chi connectivity index (χ3n) is 8.08. The van der Waals surface area contributed by atoms with Gasteiger partial charge >= 0.3 is 0 Å². The lowest BCUT2D eigenvalue weighted by atomic mass is 10.0. The molecular formula is C29H37N9O2. The molecule has 3 saturated heterocycles. The molecule has 1 amide bonds. The van der Waals surface area contributed by atoms with E-state index in [9.17, 15) is 4.79 Å². The summed E-state index contributed by atoms with van der Waals surface area (Å²) in [6.07, 6.45) is 5.74. The van der Waals surface area contributed by atoms with E-state index in [0.717, 1.165) is 37.4 Å². The maximum absolute atomic E-state index is 12.4. The van der Waals surface area contributed by atoms with Gasteiger partial charge in [0.15, 0.2) is 17.3 Å². The van der Waals surface area contributed by atoms with Gasteiger partial charge in [-0.25, -0.2) is 9.97 Å². The molecule has 0 unspecified atom stereocenters. The number of rotatable bonds is 8. The predicted octanol–water partition coefficient (Wildman–Crippen LogP) is 2.41. The highest BCUT2D eigenvalue weighted by atomic mass is 16.5. The average Bonchev–Trinajstić information content (AvgIpc) is 2.96. The molecular weight excluding hydrogens is 506 g/mol. The highest BCUT2D eigenvalue weighted by molar-refractivity contribution is 5.97. The standard InChI is InChI=1S/C29H37N9O2/c1-36-14-16-38(17-15-36)24-8-12-37(13-9-24)23-4-2-21(3-5-23)32-29-26(27(30)39)34-25(20-6-10-31-11-7-20)28(35-29)33-22-18-40-19-22/h2-7,10-11,22,24H,8-9,12-19H2,1H3,(H2,30,39)(H2,32,33,35). The predicted molar refractivity (Wildman–Crippen MR) is 156 cm³/mol. The highest BCUT2D eigenvalue weighted by Gasteiger charge is 2.27. The van der Waals surface area contributed by atoms with Crippen LogP contribution in [0.15, 0.2) is 48.8 Å². The topological polar surface area (TPSA) is 125 Å². The van der Waals surface area contributed by atoms with Gasteiger partial charge in [-0.15, -0.1) is 0 Å². The number of carbonyl (C=O) groups excluding carboxylic acids is 1. The number of pyridine rings is 1. The van der Waals surface area contributed by atoms with Crippen molar-refractivity contribution >= 4 is 28.9 Å². The summed E-state index contributed by atoms with van der Waals surface area (Å²) in [5.74, 6) is 0.226. The molecule has 5 heterocycles. The van der Waals surface area contributed by atoms with Gasteiger partial charge in [-0.05, 0) is 56.3 Å². The van der Waals surface area contributed by atoms with Crippen LogP contribution in [0.3, 0.4) is 0 Å². The van der Waals surface area contributed by atoms with Crippen LogP contribution in [0.5, 0.6) is 0 Å². The third kappa shape index (κ3) is 5.86. The summed E-state index contributed by atoms with van der Waals surface area (Å²) in [7, 11) is 2.21. The average molecular weight is 544 g/mol. The normalized spacial score (nSPS) is 19.3. The molecule has 4 N–H and O–H groups in total. The molecule has 3 aliphatic heterocycles. The van der Waals surface area contributed by atoms with E-state index in [2.05, 4.69) is 54.5 Å². The third-order valence-corrected chi connectivity index (χ3v) is 8.08. The van der Waals surface area contributed by atoms with Crippen molar-refractivity contribution < 1.29 is 9.53 Å². The Labute approximate surface area is 234 Å². The molecule has 40 heavy (non-hydrogen) atoms. The number of amides is 1. The molecule has 0 bridgehead atoms. The van der Waals surface area contributed by atoms with Gasteiger partial charge in [-0.3, -0.25) is 14.7 Å². The van der Waals surface area contributed by atoms with E-state index in [1.54, 1.807) is 12.4 Å². The van der Waals surface area contributed by atoms with E-state index in [1.165, 1.54) is 31.6 Å². The van der Waals surface area contributed by atoms with Crippen molar-refractivity contribution in [1.29, 1.82) is 0 Å². The maximum atomic E-state index is 12.4. The van der Waals surface area contributed by atoms with Gasteiger partial charge in [0.25, 0.3) is 5.91 Å². The molecule has 2 aromatic heterocycles. The van der Waals surface area contributed by atoms with E-state index in [1.807, 2.05) is 24.3 Å². The van der Waals surface area contributed by atoms with Crippen molar-refractivity contribution in [3.63, 3.8) is 0 Å². The van der Waals surface area contributed by atoms with Crippen LogP contribution in [0.1, 0.15) is 23.3 Å². The van der Waals surface area contributed by atoms with Crippen LogP contribution in [0.4, 0.5) is 23.0 Å². The number of carbonyl (C=O) groups is 1. The summed E-state index contributed by atoms with van der Waals surface area (Å²) >= 11 is 0. The summed E-state index contributed by atoms with van der Waals surface area (Å²) < 4.78 is 5.32. The van der Waals surface area contributed by atoms with Crippen molar-refractivity contribution in [3.05, 3.63) is 54.5 Å². The van der Waals surface area contributed by atoms with Crippen LogP contribution in [-0.4, -0.2) is 102 Å². The number of piperidine rings is 1. The minimum atomic E-state index is -0.649. The van der Waals surface area contributed by atoms with Crippen molar-refractivity contribution in [2.24, 2.45) is 5.73 Å². The number of piperazine rings is 1. The van der Waals surface area contributed by atoms with Gasteiger partial charge in [0, 0.05) is 74.6 Å². The number of anilines is 4. The molecule has 3 aliphatic rings. The van der Waals surface area contributed by atoms with Crippen LogP contribution >= 0.6 is 0 Å². The Morgan fingerprint density at radius 3 is 2.25 bits per heavy atom. The molecule has 1 aromatic carbocycles. The number of nitrogens with zero attached hydrogens (tertiary/aromatic N) is 6. The first-order valence-electron chi connectivity index (χ1n) is 14.0. The fraction of sp³-hybridized carbons (Fsp3) is 0.448. The van der Waals surface area contributed by atoms with Gasteiger partial charge in [0.05, 0.1) is 19.3 Å². The zero-order chi connectivity index (χ0) is 27.5. The van der Waals surface area contributed by atoms with Gasteiger partial charge in [-0.1, -0.05) is 0 Å². The number of benzene rings is 1. The SMILES string of the molecule is CN1CCN(C2CCN(c3ccc(Nc4nc(NC5COC5)c(-c5ccncc5)nc4C(N)=O)cc3)CC2)CC1. The van der Waals surface area contributed by atoms with Crippen molar-refractivity contribution in [2.75, 3.05) is 75.1 Å². The van der Waals surface area contributed by atoms with Gasteiger partial charge in [0.2, 0.25) is 0 Å². The first-order valence-corrected chi connectivity index (χ1v) is 14.0. The number of likely N-dealkylation sites (N-methyl/N-ethyl adjacent to an activating group) is 1. The number of nitrogens with one attached hydrogen (secondary N) is 2. The fourth-order valence-corrected chi connectivity index (χ4v) is 5.59. The summed E-state index contributed by atoms with van der Waals surface area (Å²) in [5.41, 5.74) is 9.17. The molecule has 0 saturated carbocycles. The van der Waals surface area contributed by atoms with Gasteiger partial charge in [-0.2, -0.15) is 0 Å². The largest absolute Gasteiger partial charge is 0.377 e. The van der Waals surface area contributed by atoms with Crippen LogP contribution < -0.4 is 21.3 Å². The molecule has 11 heteroatoms. The summed E-state index contributed by atoms with van der Waals surface area (Å²) in [6, 6.07) is 12.7. The van der Waals surface area contributed by atoms with Gasteiger partial charge in [0.1, 0.15) is 5.69 Å². The second-order valence-electron chi connectivity index (χ2n) is 10.8. The zero-order valence-corrected chi connectivity index (χ0v) is 22.9. The maximum Gasteiger partial charge on any atom is 0.271 e. The summed E-state index contributed by atoms with van der Waals surface area (Å²) in [5, 5.41) is 6.67. The van der Waals surface area contributed by atoms with Gasteiger partial charge < -0.3 is 30.9 Å². The number of hydrogen-bond acceptors (Lipinski definition) is 10. The summed E-state index contributed by atoms with van der Waals surface area (Å²) in [6.45, 7) is 7.96. The van der Waals surface area contributed by atoms with E-state index < -0.39 is 5.91 Å². The molecule has 0 atom stereocenters. The molecule has 3 fully saturated rings. The Balaban J connectivity index is 1.17. The Bertz CT molecular complexity index is 1300. The second kappa shape index (κ2) is 11.7. The molecule has 0 spiro atoms. The number of aromatic nitrogens is 3. The molecule has 11 nitrogen and oxygen atoms in total. The van der Waals surface area contributed by atoms with E-state index in [-0.39, 0.29) is 11.7 Å². The lowest BCUT2D eigenvalue weighted by Gasteiger charge is -2.42. The van der Waals surface area contributed by atoms with Crippen molar-refractivity contribution in [3.8, 4) is 11.3 Å². The lowest BCUT2D eigenvalue weighted by Crippen LogP contribution is -2.52. The van der Waals surface area contributed by atoms with E-state index in [4.69, 9.17) is 15.5 Å². The molecule has 3 aromatic rings. The zero-order valence-electron chi connectivity index (χ0n) is 22.9. The van der Waals surface area contributed by atoms with Crippen molar-refractivity contribution in [1.82, 2.24) is 24.8 Å². The number of primary amides is 1. The Morgan fingerprint density at radius 2 is 1.62 bits per heavy atom. The smallest absolute Gasteiger partial charge is 0.271 e. The Morgan fingerprint density at radius 1 is 0.925 bits per heavy atom. The quantitative estimate of drug-likeness (QED) is 0.390. The van der Waals surface area contributed by atoms with Crippen LogP contribution in [0, 0.1) is 0 Å². The first kappa shape index (κ1) is 26.4.